The zero-order valence-electron chi connectivity index (χ0n) is 10.9. The highest BCUT2D eigenvalue weighted by atomic mass is 16.2. The SMILES string of the molecule is CC1CCCC(CN)N1C(=O)Cc1ccncc1. The zero-order valence-corrected chi connectivity index (χ0v) is 10.9. The number of aromatic nitrogens is 1. The maximum Gasteiger partial charge on any atom is 0.227 e. The zero-order chi connectivity index (χ0) is 13.0. The molecule has 1 fully saturated rings. The number of nitrogens with zero attached hydrogens (tertiary/aromatic N) is 2. The second kappa shape index (κ2) is 5.96. The number of nitrogens with two attached hydrogens (primary N) is 1. The van der Waals surface area contributed by atoms with Crippen molar-refractivity contribution < 1.29 is 4.79 Å². The maximum absolute atomic E-state index is 12.4. The van der Waals surface area contributed by atoms with Crippen molar-refractivity contribution >= 4 is 5.91 Å². The molecular weight excluding hydrogens is 226 g/mol. The highest BCUT2D eigenvalue weighted by Gasteiger charge is 2.30. The smallest absolute Gasteiger partial charge is 0.227 e. The molecular formula is C14H21N3O. The third-order valence-corrected chi connectivity index (χ3v) is 3.69. The normalized spacial score (nSPS) is 24.0. The summed E-state index contributed by atoms with van der Waals surface area (Å²) in [6.45, 7) is 2.68. The average Bonchev–Trinajstić information content (AvgIpc) is 2.39. The molecule has 0 aromatic carbocycles. The van der Waals surface area contributed by atoms with Crippen molar-refractivity contribution in [1.82, 2.24) is 9.88 Å². The van der Waals surface area contributed by atoms with Crippen LogP contribution in [0.4, 0.5) is 0 Å². The number of pyridine rings is 1. The standard InChI is InChI=1S/C14H21N3O/c1-11-3-2-4-13(10-15)17(11)14(18)9-12-5-7-16-8-6-12/h5-8,11,13H,2-4,9-10,15H2,1H3. The first kappa shape index (κ1) is 13.0. The predicted octanol–water partition coefficient (Wildman–Crippen LogP) is 1.35. The number of likely N-dealkylation sites (tertiary alicyclic amines) is 1. The van der Waals surface area contributed by atoms with Crippen molar-refractivity contribution in [3.05, 3.63) is 30.1 Å². The topological polar surface area (TPSA) is 59.2 Å². The molecule has 2 rings (SSSR count). The summed E-state index contributed by atoms with van der Waals surface area (Å²) in [4.78, 5) is 18.4. The van der Waals surface area contributed by atoms with Gasteiger partial charge in [-0.25, -0.2) is 0 Å². The molecule has 2 N–H and O–H groups in total. The molecule has 0 saturated carbocycles. The number of carbonyl (C=O) groups excluding carboxylic acids is 1. The van der Waals surface area contributed by atoms with E-state index in [1.165, 1.54) is 6.42 Å². The van der Waals surface area contributed by atoms with E-state index in [0.717, 1.165) is 18.4 Å². The molecule has 98 valence electrons. The van der Waals surface area contributed by atoms with Crippen LogP contribution in [0.5, 0.6) is 0 Å². The maximum atomic E-state index is 12.4. The molecule has 2 heterocycles. The molecule has 4 heteroatoms. The number of hydrogen-bond acceptors (Lipinski definition) is 3. The van der Waals surface area contributed by atoms with Crippen LogP contribution in [0.3, 0.4) is 0 Å². The minimum atomic E-state index is 0.184. The van der Waals surface area contributed by atoms with E-state index in [2.05, 4.69) is 11.9 Å². The molecule has 1 aromatic rings. The van der Waals surface area contributed by atoms with Gasteiger partial charge >= 0.3 is 0 Å². The number of piperidine rings is 1. The predicted molar refractivity (Wildman–Crippen MR) is 70.9 cm³/mol. The summed E-state index contributed by atoms with van der Waals surface area (Å²) >= 11 is 0. The lowest BCUT2D eigenvalue weighted by atomic mass is 9.95. The highest BCUT2D eigenvalue weighted by molar-refractivity contribution is 5.79. The van der Waals surface area contributed by atoms with Crippen LogP contribution >= 0.6 is 0 Å². The fraction of sp³-hybridized carbons (Fsp3) is 0.571. The first-order valence-corrected chi connectivity index (χ1v) is 6.62. The molecule has 18 heavy (non-hydrogen) atoms. The van der Waals surface area contributed by atoms with Gasteiger partial charge in [-0.3, -0.25) is 9.78 Å². The van der Waals surface area contributed by atoms with Gasteiger partial charge in [-0.1, -0.05) is 0 Å². The molecule has 2 atom stereocenters. The van der Waals surface area contributed by atoms with Crippen molar-refractivity contribution in [2.24, 2.45) is 5.73 Å². The van der Waals surface area contributed by atoms with E-state index < -0.39 is 0 Å². The van der Waals surface area contributed by atoms with E-state index >= 15 is 0 Å². The summed E-state index contributed by atoms with van der Waals surface area (Å²) in [5.41, 5.74) is 6.80. The lowest BCUT2D eigenvalue weighted by Gasteiger charge is -2.40. The molecule has 4 nitrogen and oxygen atoms in total. The van der Waals surface area contributed by atoms with Crippen LogP contribution in [-0.2, 0) is 11.2 Å². The second-order valence-corrected chi connectivity index (χ2v) is 5.00. The monoisotopic (exact) mass is 247 g/mol. The summed E-state index contributed by atoms with van der Waals surface area (Å²) in [5.74, 6) is 0.184. The lowest BCUT2D eigenvalue weighted by molar-refractivity contribution is -0.136. The fourth-order valence-corrected chi connectivity index (χ4v) is 2.73. The number of carbonyl (C=O) groups is 1. The Bertz CT molecular complexity index is 393. The van der Waals surface area contributed by atoms with Gasteiger partial charge in [0.05, 0.1) is 6.42 Å². The van der Waals surface area contributed by atoms with E-state index in [-0.39, 0.29) is 11.9 Å². The van der Waals surface area contributed by atoms with Crippen LogP contribution < -0.4 is 5.73 Å². The molecule has 0 spiro atoms. The van der Waals surface area contributed by atoms with Crippen molar-refractivity contribution in [1.29, 1.82) is 0 Å². The Morgan fingerprint density at radius 3 is 2.83 bits per heavy atom. The van der Waals surface area contributed by atoms with Crippen LogP contribution in [0, 0.1) is 0 Å². The van der Waals surface area contributed by atoms with Gasteiger partial charge in [-0.05, 0) is 43.9 Å². The van der Waals surface area contributed by atoms with Crippen molar-refractivity contribution in [2.45, 2.75) is 44.7 Å². The first-order chi connectivity index (χ1) is 8.72. The van der Waals surface area contributed by atoms with Crippen LogP contribution in [0.2, 0.25) is 0 Å². The van der Waals surface area contributed by atoms with Gasteiger partial charge in [0.15, 0.2) is 0 Å². The molecule has 2 unspecified atom stereocenters. The minimum Gasteiger partial charge on any atom is -0.335 e. The number of amides is 1. The van der Waals surface area contributed by atoms with Crippen molar-refractivity contribution in [3.63, 3.8) is 0 Å². The molecule has 1 amide bonds. The molecule has 1 aliphatic heterocycles. The average molecular weight is 247 g/mol. The summed E-state index contributed by atoms with van der Waals surface area (Å²) < 4.78 is 0. The molecule has 0 aliphatic carbocycles. The van der Waals surface area contributed by atoms with Crippen molar-refractivity contribution in [3.8, 4) is 0 Å². The molecule has 1 aliphatic rings. The Morgan fingerprint density at radius 2 is 2.17 bits per heavy atom. The van der Waals surface area contributed by atoms with E-state index in [1.54, 1.807) is 12.4 Å². The number of hydrogen-bond donors (Lipinski definition) is 1. The first-order valence-electron chi connectivity index (χ1n) is 6.62. The fourth-order valence-electron chi connectivity index (χ4n) is 2.73. The lowest BCUT2D eigenvalue weighted by Crippen LogP contribution is -2.52. The van der Waals surface area contributed by atoms with Crippen LogP contribution in [0.15, 0.2) is 24.5 Å². The van der Waals surface area contributed by atoms with Crippen LogP contribution in [-0.4, -0.2) is 34.4 Å². The van der Waals surface area contributed by atoms with E-state index in [4.69, 9.17) is 5.73 Å². The van der Waals surface area contributed by atoms with E-state index in [0.29, 0.717) is 19.0 Å². The van der Waals surface area contributed by atoms with Crippen LogP contribution in [0.25, 0.3) is 0 Å². The highest BCUT2D eigenvalue weighted by Crippen LogP contribution is 2.23. The molecule has 1 aromatic heterocycles. The molecule has 0 bridgehead atoms. The Hall–Kier alpha value is -1.42. The third kappa shape index (κ3) is 2.88. The Kier molecular flexibility index (Phi) is 4.31. The van der Waals surface area contributed by atoms with Gasteiger partial charge < -0.3 is 10.6 Å². The van der Waals surface area contributed by atoms with Gasteiger partial charge in [0, 0.05) is 31.0 Å². The van der Waals surface area contributed by atoms with Gasteiger partial charge in [0.1, 0.15) is 0 Å². The Morgan fingerprint density at radius 1 is 1.44 bits per heavy atom. The van der Waals surface area contributed by atoms with Gasteiger partial charge in [-0.15, -0.1) is 0 Å². The molecule has 0 radical (unpaired) electrons. The Labute approximate surface area is 108 Å². The summed E-state index contributed by atoms with van der Waals surface area (Å²) in [5, 5.41) is 0. The summed E-state index contributed by atoms with van der Waals surface area (Å²) in [7, 11) is 0. The minimum absolute atomic E-state index is 0.184. The third-order valence-electron chi connectivity index (χ3n) is 3.69. The van der Waals surface area contributed by atoms with Gasteiger partial charge in [0.2, 0.25) is 5.91 Å². The van der Waals surface area contributed by atoms with Crippen LogP contribution in [0.1, 0.15) is 31.7 Å². The van der Waals surface area contributed by atoms with E-state index in [1.807, 2.05) is 17.0 Å². The van der Waals surface area contributed by atoms with Gasteiger partial charge in [-0.2, -0.15) is 0 Å². The largest absolute Gasteiger partial charge is 0.335 e. The Balaban J connectivity index is 2.06. The van der Waals surface area contributed by atoms with E-state index in [9.17, 15) is 4.79 Å². The second-order valence-electron chi connectivity index (χ2n) is 5.00. The summed E-state index contributed by atoms with van der Waals surface area (Å²) in [6, 6.07) is 4.30. The van der Waals surface area contributed by atoms with Crippen molar-refractivity contribution in [2.75, 3.05) is 6.54 Å². The number of rotatable bonds is 3. The molecule has 1 saturated heterocycles. The summed E-state index contributed by atoms with van der Waals surface area (Å²) in [6.07, 6.45) is 7.18. The van der Waals surface area contributed by atoms with Gasteiger partial charge in [0.25, 0.3) is 0 Å². The quantitative estimate of drug-likeness (QED) is 0.877.